The van der Waals surface area contributed by atoms with Gasteiger partial charge in [0.05, 0.1) is 24.7 Å². The van der Waals surface area contributed by atoms with Crippen molar-refractivity contribution in [2.24, 2.45) is 5.16 Å². The molecule has 0 radical (unpaired) electrons. The Morgan fingerprint density at radius 2 is 2.00 bits per heavy atom. The summed E-state index contributed by atoms with van der Waals surface area (Å²) in [5, 5.41) is 15.7. The molecule has 3 heterocycles. The zero-order valence-electron chi connectivity index (χ0n) is 19.1. The first kappa shape index (κ1) is 23.7. The summed E-state index contributed by atoms with van der Waals surface area (Å²) in [7, 11) is 0. The highest BCUT2D eigenvalue weighted by atomic mass is 35.5. The molecule has 2 aliphatic rings. The van der Waals surface area contributed by atoms with E-state index in [0.29, 0.717) is 43.4 Å². The fraction of sp³-hybridized carbons (Fsp3) is 0.346. The Labute approximate surface area is 208 Å². The van der Waals surface area contributed by atoms with Gasteiger partial charge in [0.25, 0.3) is 0 Å². The molecule has 5 rings (SSSR count). The van der Waals surface area contributed by atoms with Crippen molar-refractivity contribution in [1.82, 2.24) is 4.90 Å². The number of hydrogen-bond acceptors (Lipinski definition) is 8. The predicted octanol–water partition coefficient (Wildman–Crippen LogP) is 4.23. The van der Waals surface area contributed by atoms with Crippen LogP contribution < -0.4 is 9.47 Å². The van der Waals surface area contributed by atoms with E-state index in [4.69, 9.17) is 35.1 Å². The third-order valence-corrected chi connectivity index (χ3v) is 6.22. The highest BCUT2D eigenvalue weighted by Gasteiger charge is 2.27. The maximum atomic E-state index is 10.7. The van der Waals surface area contributed by atoms with Gasteiger partial charge in [-0.05, 0) is 42.0 Å². The minimum atomic E-state index is -0.692. The van der Waals surface area contributed by atoms with Crippen LogP contribution in [0.25, 0.3) is 0 Å². The quantitative estimate of drug-likeness (QED) is 0.423. The first-order valence-corrected chi connectivity index (χ1v) is 11.9. The summed E-state index contributed by atoms with van der Waals surface area (Å²) in [6.07, 6.45) is 1.39. The van der Waals surface area contributed by atoms with Crippen molar-refractivity contribution in [3.8, 4) is 11.5 Å². The molecule has 0 unspecified atom stereocenters. The molecule has 8 nitrogen and oxygen atoms in total. The summed E-state index contributed by atoms with van der Waals surface area (Å²) in [5.74, 6) is 2.17. The second-order valence-electron chi connectivity index (χ2n) is 8.57. The van der Waals surface area contributed by atoms with Gasteiger partial charge in [0.2, 0.25) is 6.79 Å². The number of fused-ring (bicyclic) bond motifs is 1. The summed E-state index contributed by atoms with van der Waals surface area (Å²) in [6, 6.07) is 17.1. The molecule has 0 amide bonds. The molecule has 184 valence electrons. The molecule has 2 aliphatic heterocycles. The summed E-state index contributed by atoms with van der Waals surface area (Å²) >= 11 is 6.41. The van der Waals surface area contributed by atoms with E-state index < -0.39 is 6.10 Å². The van der Waals surface area contributed by atoms with Crippen LogP contribution in [0.5, 0.6) is 11.5 Å². The lowest BCUT2D eigenvalue weighted by Gasteiger charge is -2.27. The van der Waals surface area contributed by atoms with Crippen LogP contribution in [0.3, 0.4) is 0 Å². The Morgan fingerprint density at radius 1 is 1.11 bits per heavy atom. The molecule has 0 bridgehead atoms. The van der Waals surface area contributed by atoms with E-state index >= 15 is 0 Å². The number of ether oxygens (including phenoxy) is 3. The zero-order valence-corrected chi connectivity index (χ0v) is 19.9. The van der Waals surface area contributed by atoms with Gasteiger partial charge >= 0.3 is 0 Å². The lowest BCUT2D eigenvalue weighted by atomic mass is 10.0. The number of rotatable bonds is 11. The van der Waals surface area contributed by atoms with Crippen LogP contribution >= 0.6 is 11.6 Å². The number of halogens is 1. The summed E-state index contributed by atoms with van der Waals surface area (Å²) in [5.41, 5.74) is 2.78. The third-order valence-electron chi connectivity index (χ3n) is 5.86. The van der Waals surface area contributed by atoms with Gasteiger partial charge in [-0.3, -0.25) is 4.90 Å². The van der Waals surface area contributed by atoms with Crippen LogP contribution in [0.4, 0.5) is 0 Å². The van der Waals surface area contributed by atoms with Gasteiger partial charge in [0.1, 0.15) is 18.5 Å². The molecule has 1 N–H and O–H groups in total. The number of furan rings is 1. The minimum Gasteiger partial charge on any atom is -0.467 e. The van der Waals surface area contributed by atoms with Gasteiger partial charge in [-0.2, -0.15) is 0 Å². The van der Waals surface area contributed by atoms with Crippen molar-refractivity contribution >= 4 is 17.3 Å². The number of aliphatic hydroxyl groups is 1. The van der Waals surface area contributed by atoms with E-state index in [0.717, 1.165) is 28.3 Å². The molecule has 0 saturated carbocycles. The maximum absolute atomic E-state index is 10.7. The predicted molar refractivity (Wildman–Crippen MR) is 130 cm³/mol. The molecule has 1 aromatic heterocycles. The fourth-order valence-corrected chi connectivity index (χ4v) is 4.37. The summed E-state index contributed by atoms with van der Waals surface area (Å²) in [4.78, 5) is 7.88. The molecule has 2 aromatic carbocycles. The van der Waals surface area contributed by atoms with Gasteiger partial charge in [-0.25, -0.2) is 0 Å². The normalized spacial score (nSPS) is 17.5. The van der Waals surface area contributed by atoms with Gasteiger partial charge in [0.15, 0.2) is 11.5 Å². The number of oxime groups is 1. The van der Waals surface area contributed by atoms with Crippen molar-refractivity contribution < 1.29 is 28.6 Å². The topological polar surface area (TPSA) is 85.9 Å². The smallest absolute Gasteiger partial charge is 0.231 e. The molecule has 3 aromatic rings. The first-order valence-electron chi connectivity index (χ1n) is 11.5. The second-order valence-corrected chi connectivity index (χ2v) is 8.98. The van der Waals surface area contributed by atoms with E-state index in [1.54, 1.807) is 6.26 Å². The highest BCUT2D eigenvalue weighted by molar-refractivity contribution is 6.31. The van der Waals surface area contributed by atoms with Crippen molar-refractivity contribution in [2.75, 3.05) is 26.5 Å². The van der Waals surface area contributed by atoms with E-state index in [9.17, 15) is 5.11 Å². The molecule has 0 saturated heterocycles. The lowest BCUT2D eigenvalue weighted by molar-refractivity contribution is -0.00955. The average Bonchev–Trinajstić information content (AvgIpc) is 3.62. The van der Waals surface area contributed by atoms with Crippen LogP contribution in [0.1, 0.15) is 23.3 Å². The zero-order chi connectivity index (χ0) is 24.0. The van der Waals surface area contributed by atoms with Crippen molar-refractivity contribution in [2.45, 2.75) is 31.8 Å². The Morgan fingerprint density at radius 3 is 2.86 bits per heavy atom. The van der Waals surface area contributed by atoms with Gasteiger partial charge in [0, 0.05) is 36.6 Å². The van der Waals surface area contributed by atoms with E-state index in [-0.39, 0.29) is 19.5 Å². The number of aliphatic hydroxyl groups excluding tert-OH is 1. The van der Waals surface area contributed by atoms with Crippen LogP contribution in [0.15, 0.2) is 70.4 Å². The van der Waals surface area contributed by atoms with Gasteiger partial charge in [-0.1, -0.05) is 35.0 Å². The Balaban J connectivity index is 1.19. The summed E-state index contributed by atoms with van der Waals surface area (Å²) in [6.45, 7) is 2.25. The SMILES string of the molecule is O[C@@H](COCc1ccco1)CN(Cc1ccccc1Cl)C[C@H]1CC(c2ccc3c(c2)OCO3)=NO1. The summed E-state index contributed by atoms with van der Waals surface area (Å²) < 4.78 is 21.8. The minimum absolute atomic E-state index is 0.158. The van der Waals surface area contributed by atoms with Crippen molar-refractivity contribution in [1.29, 1.82) is 0 Å². The molecular formula is C26H27ClN2O6. The van der Waals surface area contributed by atoms with Gasteiger partial charge in [-0.15, -0.1) is 0 Å². The Hall–Kier alpha value is -3.04. The van der Waals surface area contributed by atoms with Crippen molar-refractivity contribution in [3.05, 3.63) is 82.8 Å². The fourth-order valence-electron chi connectivity index (χ4n) is 4.17. The molecule has 35 heavy (non-hydrogen) atoms. The monoisotopic (exact) mass is 498 g/mol. The maximum Gasteiger partial charge on any atom is 0.231 e. The van der Waals surface area contributed by atoms with E-state index in [2.05, 4.69) is 10.1 Å². The number of benzene rings is 2. The lowest BCUT2D eigenvalue weighted by Crippen LogP contribution is -2.39. The number of nitrogens with zero attached hydrogens (tertiary/aromatic N) is 2. The standard InChI is InChI=1S/C26H27ClN2O6/c27-23-6-2-1-4-19(23)12-29(13-20(30)15-31-16-21-5-3-9-32-21)14-22-11-24(28-35-22)18-7-8-25-26(10-18)34-17-33-25/h1-10,20,22,30H,11-17H2/t20-,22-/m1/s1. The van der Waals surface area contributed by atoms with Crippen molar-refractivity contribution in [3.63, 3.8) is 0 Å². The highest BCUT2D eigenvalue weighted by Crippen LogP contribution is 2.33. The third kappa shape index (κ3) is 6.15. The van der Waals surface area contributed by atoms with Gasteiger partial charge < -0.3 is 28.6 Å². The molecule has 0 aliphatic carbocycles. The van der Waals surface area contributed by atoms with Crippen LogP contribution in [0.2, 0.25) is 5.02 Å². The molecule has 0 spiro atoms. The molecule has 0 fully saturated rings. The first-order chi connectivity index (χ1) is 17.1. The Bertz CT molecular complexity index is 1150. The van der Waals surface area contributed by atoms with Crippen LogP contribution in [-0.2, 0) is 22.7 Å². The molecule has 2 atom stereocenters. The number of hydrogen-bond donors (Lipinski definition) is 1. The van der Waals surface area contributed by atoms with E-state index in [1.807, 2.05) is 54.6 Å². The van der Waals surface area contributed by atoms with E-state index in [1.165, 1.54) is 0 Å². The van der Waals surface area contributed by atoms with Crippen LogP contribution in [-0.4, -0.2) is 54.4 Å². The average molecular weight is 499 g/mol. The largest absolute Gasteiger partial charge is 0.467 e. The molecule has 9 heteroatoms. The second kappa shape index (κ2) is 11.1. The Kier molecular flexibility index (Phi) is 7.54. The molecular weight excluding hydrogens is 472 g/mol. The van der Waals surface area contributed by atoms with Crippen LogP contribution in [0, 0.1) is 0 Å².